The minimum absolute atomic E-state index is 0.122. The highest BCUT2D eigenvalue weighted by molar-refractivity contribution is 5.99. The largest absolute Gasteiger partial charge is 0.497 e. The van der Waals surface area contributed by atoms with E-state index in [9.17, 15) is 9.59 Å². The molecule has 40 heavy (non-hydrogen) atoms. The smallest absolute Gasteiger partial charge is 0.254 e. The first-order valence-corrected chi connectivity index (χ1v) is 12.9. The Labute approximate surface area is 232 Å². The Bertz CT molecular complexity index is 1620. The lowest BCUT2D eigenvalue weighted by atomic mass is 10.1. The zero-order valence-corrected chi connectivity index (χ0v) is 22.6. The highest BCUT2D eigenvalue weighted by atomic mass is 16.5. The second-order valence-corrected chi connectivity index (χ2v) is 9.48. The van der Waals surface area contributed by atoms with Gasteiger partial charge in [0, 0.05) is 23.0 Å². The van der Waals surface area contributed by atoms with Crippen LogP contribution in [0.4, 0.5) is 5.95 Å². The number of methoxy groups -OCH3 is 1. The molecule has 2 aromatic heterocycles. The van der Waals surface area contributed by atoms with Crippen LogP contribution < -0.4 is 10.1 Å². The maximum absolute atomic E-state index is 13.5. The fourth-order valence-electron chi connectivity index (χ4n) is 4.36. The molecule has 8 heteroatoms. The summed E-state index contributed by atoms with van der Waals surface area (Å²) in [6.07, 6.45) is 3.44. The number of rotatable bonds is 9. The molecule has 0 aliphatic heterocycles. The van der Waals surface area contributed by atoms with Gasteiger partial charge in [-0.15, -0.1) is 0 Å². The molecule has 2 heterocycles. The summed E-state index contributed by atoms with van der Waals surface area (Å²) in [6.45, 7) is 4.01. The molecule has 5 aromatic rings. The van der Waals surface area contributed by atoms with Crippen molar-refractivity contribution in [3.63, 3.8) is 0 Å². The number of anilines is 1. The van der Waals surface area contributed by atoms with Gasteiger partial charge in [-0.1, -0.05) is 42.5 Å². The van der Waals surface area contributed by atoms with Gasteiger partial charge < -0.3 is 14.1 Å². The number of aryl methyl sites for hydroxylation is 2. The summed E-state index contributed by atoms with van der Waals surface area (Å²) in [6, 6.07) is 26.2. The molecule has 3 aromatic carbocycles. The highest BCUT2D eigenvalue weighted by Crippen LogP contribution is 2.26. The maximum atomic E-state index is 13.5. The van der Waals surface area contributed by atoms with Crippen molar-refractivity contribution in [1.29, 1.82) is 0 Å². The summed E-state index contributed by atoms with van der Waals surface area (Å²) in [5.41, 5.74) is 5.21. The van der Waals surface area contributed by atoms with Crippen molar-refractivity contribution >= 4 is 17.8 Å². The monoisotopic (exact) mass is 534 g/mol. The number of furan rings is 1. The van der Waals surface area contributed by atoms with Crippen LogP contribution in [0.5, 0.6) is 5.75 Å². The van der Waals surface area contributed by atoms with Crippen molar-refractivity contribution in [2.45, 2.75) is 20.4 Å². The summed E-state index contributed by atoms with van der Waals surface area (Å²) in [5.74, 6) is 0.758. The SMILES string of the molecule is COc1cccc(C(=O)N(CC(=O)Nc2nc(-c3ccccc3)cn2-c2ccc(C)c(C)c2)Cc2ccco2)c1. The van der Waals surface area contributed by atoms with Crippen molar-refractivity contribution in [3.05, 3.63) is 120 Å². The average Bonchev–Trinajstić information content (AvgIpc) is 3.64. The van der Waals surface area contributed by atoms with Gasteiger partial charge in [-0.2, -0.15) is 0 Å². The Morgan fingerprint density at radius 2 is 1.77 bits per heavy atom. The number of carbonyl (C=O) groups is 2. The lowest BCUT2D eigenvalue weighted by Gasteiger charge is -2.21. The summed E-state index contributed by atoms with van der Waals surface area (Å²) >= 11 is 0. The number of carbonyl (C=O) groups excluding carboxylic acids is 2. The van der Waals surface area contributed by atoms with E-state index in [1.165, 1.54) is 16.7 Å². The minimum Gasteiger partial charge on any atom is -0.497 e. The standard InChI is InChI=1S/C32H30N4O4/c1-22-14-15-26(17-23(22)2)36-20-29(24-9-5-4-6-10-24)33-32(36)34-30(37)21-35(19-28-13-8-16-40-28)31(38)25-11-7-12-27(18-25)39-3/h4-18,20H,19,21H2,1-3H3,(H,33,34,37). The van der Waals surface area contributed by atoms with Crippen LogP contribution in [0.3, 0.4) is 0 Å². The second-order valence-electron chi connectivity index (χ2n) is 9.48. The number of ether oxygens (including phenoxy) is 1. The Morgan fingerprint density at radius 1 is 0.950 bits per heavy atom. The van der Waals surface area contributed by atoms with Crippen molar-refractivity contribution in [2.75, 3.05) is 19.0 Å². The number of benzene rings is 3. The molecule has 5 rings (SSSR count). The molecular weight excluding hydrogens is 504 g/mol. The van der Waals surface area contributed by atoms with E-state index >= 15 is 0 Å². The van der Waals surface area contributed by atoms with Crippen molar-refractivity contribution < 1.29 is 18.7 Å². The summed E-state index contributed by atoms with van der Waals surface area (Å²) in [4.78, 5) is 33.1. The Balaban J connectivity index is 1.44. The zero-order chi connectivity index (χ0) is 28.1. The Hall–Kier alpha value is -5.11. The van der Waals surface area contributed by atoms with Crippen molar-refractivity contribution in [2.24, 2.45) is 0 Å². The van der Waals surface area contributed by atoms with E-state index in [1.54, 1.807) is 43.5 Å². The molecule has 2 amide bonds. The van der Waals surface area contributed by atoms with Crippen LogP contribution in [-0.4, -0.2) is 39.9 Å². The summed E-state index contributed by atoms with van der Waals surface area (Å²) in [5, 5.41) is 2.94. The van der Waals surface area contributed by atoms with Gasteiger partial charge in [0.15, 0.2) is 0 Å². The zero-order valence-electron chi connectivity index (χ0n) is 22.6. The fourth-order valence-corrected chi connectivity index (χ4v) is 4.36. The molecule has 0 saturated heterocycles. The van der Waals surface area contributed by atoms with E-state index in [0.717, 1.165) is 16.8 Å². The molecule has 202 valence electrons. The lowest BCUT2D eigenvalue weighted by Crippen LogP contribution is -2.37. The van der Waals surface area contributed by atoms with E-state index in [0.29, 0.717) is 28.7 Å². The number of aromatic nitrogens is 2. The molecule has 0 saturated carbocycles. The predicted molar refractivity (Wildman–Crippen MR) is 154 cm³/mol. The fraction of sp³-hybridized carbons (Fsp3) is 0.156. The molecule has 0 radical (unpaired) electrons. The molecule has 1 N–H and O–H groups in total. The molecule has 8 nitrogen and oxygen atoms in total. The van der Waals surface area contributed by atoms with Gasteiger partial charge in [0.25, 0.3) is 5.91 Å². The third kappa shape index (κ3) is 5.96. The van der Waals surface area contributed by atoms with Gasteiger partial charge in [-0.25, -0.2) is 4.98 Å². The number of hydrogen-bond acceptors (Lipinski definition) is 5. The van der Waals surface area contributed by atoms with E-state index < -0.39 is 5.91 Å². The summed E-state index contributed by atoms with van der Waals surface area (Å²) < 4.78 is 12.6. The average molecular weight is 535 g/mol. The third-order valence-corrected chi connectivity index (χ3v) is 6.66. The van der Waals surface area contributed by atoms with Crippen molar-refractivity contribution in [3.8, 4) is 22.7 Å². The van der Waals surface area contributed by atoms with Gasteiger partial charge in [0.2, 0.25) is 11.9 Å². The number of nitrogens with one attached hydrogen (secondary N) is 1. The predicted octanol–water partition coefficient (Wildman–Crippen LogP) is 6.04. The topological polar surface area (TPSA) is 89.6 Å². The first kappa shape index (κ1) is 26.5. The maximum Gasteiger partial charge on any atom is 0.254 e. The molecule has 0 spiro atoms. The van der Waals surface area contributed by atoms with Crippen LogP contribution in [0.1, 0.15) is 27.2 Å². The normalized spacial score (nSPS) is 10.8. The molecule has 0 unspecified atom stereocenters. The summed E-state index contributed by atoms with van der Waals surface area (Å²) in [7, 11) is 1.54. The lowest BCUT2D eigenvalue weighted by molar-refractivity contribution is -0.117. The minimum atomic E-state index is -0.391. The number of imidazole rings is 1. The van der Waals surface area contributed by atoms with Gasteiger partial charge in [-0.3, -0.25) is 19.5 Å². The number of nitrogens with zero attached hydrogens (tertiary/aromatic N) is 3. The molecule has 0 fully saturated rings. The molecule has 0 aliphatic rings. The molecular formula is C32H30N4O4. The molecule has 0 aliphatic carbocycles. The first-order chi connectivity index (χ1) is 19.4. The van der Waals surface area contributed by atoms with Gasteiger partial charge in [0.1, 0.15) is 18.1 Å². The van der Waals surface area contributed by atoms with Crippen molar-refractivity contribution in [1.82, 2.24) is 14.5 Å². The first-order valence-electron chi connectivity index (χ1n) is 12.9. The Morgan fingerprint density at radius 3 is 2.50 bits per heavy atom. The number of hydrogen-bond donors (Lipinski definition) is 1. The molecule has 0 bridgehead atoms. The molecule has 0 atom stereocenters. The number of amides is 2. The van der Waals surface area contributed by atoms with E-state index in [2.05, 4.69) is 18.3 Å². The van der Waals surface area contributed by atoms with Crippen LogP contribution in [0.25, 0.3) is 16.9 Å². The quantitative estimate of drug-likeness (QED) is 0.249. The van der Waals surface area contributed by atoms with Gasteiger partial charge >= 0.3 is 0 Å². The Kier molecular flexibility index (Phi) is 7.77. The second kappa shape index (κ2) is 11.7. The van der Waals surface area contributed by atoms with Crippen LogP contribution in [-0.2, 0) is 11.3 Å². The van der Waals surface area contributed by atoms with Gasteiger partial charge in [-0.05, 0) is 67.4 Å². The van der Waals surface area contributed by atoms with E-state index in [-0.39, 0.29) is 19.0 Å². The van der Waals surface area contributed by atoms with E-state index in [1.807, 2.05) is 60.2 Å². The van der Waals surface area contributed by atoms with Crippen LogP contribution >= 0.6 is 0 Å². The third-order valence-electron chi connectivity index (χ3n) is 6.66. The highest BCUT2D eigenvalue weighted by Gasteiger charge is 2.22. The van der Waals surface area contributed by atoms with Crippen LogP contribution in [0.2, 0.25) is 0 Å². The van der Waals surface area contributed by atoms with Crippen LogP contribution in [0, 0.1) is 13.8 Å². The van der Waals surface area contributed by atoms with E-state index in [4.69, 9.17) is 14.1 Å². The van der Waals surface area contributed by atoms with Crippen LogP contribution in [0.15, 0.2) is 102 Å². The van der Waals surface area contributed by atoms with Gasteiger partial charge in [0.05, 0.1) is 25.6 Å².